The third kappa shape index (κ3) is 5.34. The maximum Gasteiger partial charge on any atom is 0.338 e. The van der Waals surface area contributed by atoms with Crippen LogP contribution in [-0.4, -0.2) is 23.5 Å². The van der Waals surface area contributed by atoms with Crippen molar-refractivity contribution in [3.63, 3.8) is 0 Å². The maximum absolute atomic E-state index is 12.6. The van der Waals surface area contributed by atoms with Gasteiger partial charge in [-0.2, -0.15) is 5.26 Å². The number of thiophene rings is 1. The molecule has 1 aromatic carbocycles. The highest BCUT2D eigenvalue weighted by Crippen LogP contribution is 2.39. The van der Waals surface area contributed by atoms with E-state index in [0.717, 1.165) is 10.4 Å². The van der Waals surface area contributed by atoms with Crippen molar-refractivity contribution in [3.8, 4) is 28.0 Å². The number of amides is 1. The minimum absolute atomic E-state index is 0.173. The molecule has 0 atom stereocenters. The fourth-order valence-corrected chi connectivity index (χ4v) is 5.25. The molecule has 0 saturated heterocycles. The van der Waals surface area contributed by atoms with Gasteiger partial charge in [-0.05, 0) is 54.8 Å². The van der Waals surface area contributed by atoms with Gasteiger partial charge in [-0.3, -0.25) is 4.79 Å². The normalized spacial score (nSPS) is 11.2. The summed E-state index contributed by atoms with van der Waals surface area (Å²) < 4.78 is 16.2. The van der Waals surface area contributed by atoms with Gasteiger partial charge in [0.2, 0.25) is 0 Å². The molecule has 0 bridgehead atoms. The molecular formula is C28H19N3O5S2. The quantitative estimate of drug-likeness (QED) is 0.163. The Morgan fingerprint density at radius 1 is 1.13 bits per heavy atom. The number of esters is 1. The second-order valence-electron chi connectivity index (χ2n) is 7.78. The second-order valence-corrected chi connectivity index (χ2v) is 9.72. The molecule has 4 aromatic heterocycles. The number of benzene rings is 1. The standard InChI is InChI=1S/C28H19N3O5S2/c1-2-34-28(33)18-9-7-17(8-10-18)21-12-11-20(36-21)15-19(16-29)26-30-24(23-6-4-14-37-23)27(38-26)31-25(32)22-5-3-13-35-22/h3-15H,2H2,1H3,(H,31,32)/b19-15+. The minimum atomic E-state index is -0.407. The molecule has 0 spiro atoms. The second kappa shape index (κ2) is 11.1. The Kier molecular flexibility index (Phi) is 7.31. The number of anilines is 1. The summed E-state index contributed by atoms with van der Waals surface area (Å²) >= 11 is 2.67. The molecule has 188 valence electrons. The molecule has 0 aliphatic rings. The largest absolute Gasteiger partial charge is 0.462 e. The van der Waals surface area contributed by atoms with Crippen LogP contribution >= 0.6 is 22.7 Å². The first-order valence-corrected chi connectivity index (χ1v) is 13.1. The number of aromatic nitrogens is 1. The van der Waals surface area contributed by atoms with Gasteiger partial charge in [0.25, 0.3) is 5.91 Å². The van der Waals surface area contributed by atoms with Crippen LogP contribution in [0.2, 0.25) is 0 Å². The smallest absolute Gasteiger partial charge is 0.338 e. The predicted octanol–water partition coefficient (Wildman–Crippen LogP) is 7.22. The number of furan rings is 2. The first kappa shape index (κ1) is 25.0. The highest BCUT2D eigenvalue weighted by molar-refractivity contribution is 7.19. The van der Waals surface area contributed by atoms with E-state index in [1.165, 1.54) is 28.9 Å². The van der Waals surface area contributed by atoms with Gasteiger partial charge in [0.1, 0.15) is 33.3 Å². The number of thiazole rings is 1. The monoisotopic (exact) mass is 541 g/mol. The zero-order chi connectivity index (χ0) is 26.5. The van der Waals surface area contributed by atoms with E-state index >= 15 is 0 Å². The van der Waals surface area contributed by atoms with Crippen molar-refractivity contribution in [1.82, 2.24) is 4.98 Å². The molecule has 0 aliphatic heterocycles. The van der Waals surface area contributed by atoms with Crippen LogP contribution in [-0.2, 0) is 4.74 Å². The summed E-state index contributed by atoms with van der Waals surface area (Å²) in [5.41, 5.74) is 2.08. The zero-order valence-electron chi connectivity index (χ0n) is 20.0. The molecule has 10 heteroatoms. The Morgan fingerprint density at radius 3 is 2.66 bits per heavy atom. The lowest BCUT2D eigenvalue weighted by atomic mass is 10.1. The number of allylic oxidation sites excluding steroid dienone is 1. The summed E-state index contributed by atoms with van der Waals surface area (Å²) in [6.07, 6.45) is 3.03. The fraction of sp³-hybridized carbons (Fsp3) is 0.0714. The molecule has 0 fully saturated rings. The molecule has 0 unspecified atom stereocenters. The van der Waals surface area contributed by atoms with Crippen molar-refractivity contribution in [3.05, 3.63) is 94.4 Å². The summed E-state index contributed by atoms with van der Waals surface area (Å²) in [5.74, 6) is 0.418. The maximum atomic E-state index is 12.6. The topological polar surface area (TPSA) is 118 Å². The first-order valence-electron chi connectivity index (χ1n) is 11.4. The van der Waals surface area contributed by atoms with Crippen molar-refractivity contribution >= 4 is 51.2 Å². The van der Waals surface area contributed by atoms with Gasteiger partial charge in [-0.1, -0.05) is 29.5 Å². The van der Waals surface area contributed by atoms with Crippen LogP contribution in [0.3, 0.4) is 0 Å². The Balaban J connectivity index is 1.42. The lowest BCUT2D eigenvalue weighted by Gasteiger charge is -2.02. The number of hydrogen-bond acceptors (Lipinski definition) is 9. The highest BCUT2D eigenvalue weighted by Gasteiger charge is 2.20. The van der Waals surface area contributed by atoms with E-state index in [1.54, 1.807) is 61.5 Å². The SMILES string of the molecule is CCOC(=O)c1ccc(-c2ccc(/C=C(\C#N)c3nc(-c4cccs4)c(NC(=O)c4ccco4)s3)o2)cc1. The first-order chi connectivity index (χ1) is 18.6. The van der Waals surface area contributed by atoms with E-state index in [9.17, 15) is 14.9 Å². The van der Waals surface area contributed by atoms with E-state index in [1.807, 2.05) is 17.5 Å². The van der Waals surface area contributed by atoms with Crippen molar-refractivity contribution in [2.45, 2.75) is 6.92 Å². The van der Waals surface area contributed by atoms with Crippen molar-refractivity contribution in [2.75, 3.05) is 11.9 Å². The molecule has 8 nitrogen and oxygen atoms in total. The number of carbonyl (C=O) groups excluding carboxylic acids is 2. The summed E-state index contributed by atoms with van der Waals surface area (Å²) in [6.45, 7) is 2.06. The molecule has 1 amide bonds. The molecule has 5 aromatic rings. The molecule has 38 heavy (non-hydrogen) atoms. The van der Waals surface area contributed by atoms with Crippen LogP contribution in [0.5, 0.6) is 0 Å². The summed E-state index contributed by atoms with van der Waals surface area (Å²) in [5, 5.41) is 15.6. The predicted molar refractivity (Wildman–Crippen MR) is 146 cm³/mol. The number of rotatable bonds is 8. The molecular weight excluding hydrogens is 522 g/mol. The van der Waals surface area contributed by atoms with E-state index in [4.69, 9.17) is 13.6 Å². The van der Waals surface area contributed by atoms with Crippen LogP contribution in [0.4, 0.5) is 5.00 Å². The van der Waals surface area contributed by atoms with Crippen LogP contribution in [0.15, 0.2) is 81.1 Å². The van der Waals surface area contributed by atoms with Gasteiger partial charge in [-0.15, -0.1) is 11.3 Å². The number of hydrogen-bond donors (Lipinski definition) is 1. The molecule has 1 N–H and O–H groups in total. The highest BCUT2D eigenvalue weighted by atomic mass is 32.1. The van der Waals surface area contributed by atoms with E-state index in [2.05, 4.69) is 16.4 Å². The minimum Gasteiger partial charge on any atom is -0.462 e. The molecule has 5 rings (SSSR count). The average Bonchev–Trinajstić information content (AvgIpc) is 3.75. The number of nitriles is 1. The zero-order valence-corrected chi connectivity index (χ0v) is 21.6. The van der Waals surface area contributed by atoms with Gasteiger partial charge in [0, 0.05) is 11.6 Å². The van der Waals surface area contributed by atoms with Crippen LogP contribution in [0.25, 0.3) is 33.5 Å². The van der Waals surface area contributed by atoms with Crippen LogP contribution < -0.4 is 5.32 Å². The van der Waals surface area contributed by atoms with Gasteiger partial charge in [0.05, 0.1) is 28.9 Å². The lowest BCUT2D eigenvalue weighted by Crippen LogP contribution is -2.10. The van der Waals surface area contributed by atoms with Gasteiger partial charge in [0.15, 0.2) is 5.76 Å². The Hall–Kier alpha value is -4.72. The number of ether oxygens (including phenoxy) is 1. The molecule has 0 radical (unpaired) electrons. The molecule has 0 aliphatic carbocycles. The third-order valence-corrected chi connectivity index (χ3v) is 7.18. The lowest BCUT2D eigenvalue weighted by molar-refractivity contribution is 0.0526. The van der Waals surface area contributed by atoms with E-state index in [0.29, 0.717) is 39.4 Å². The van der Waals surface area contributed by atoms with Gasteiger partial charge >= 0.3 is 5.97 Å². The van der Waals surface area contributed by atoms with Crippen molar-refractivity contribution in [1.29, 1.82) is 5.26 Å². The number of nitrogens with one attached hydrogen (secondary N) is 1. The summed E-state index contributed by atoms with van der Waals surface area (Å²) in [4.78, 5) is 30.0. The van der Waals surface area contributed by atoms with Crippen molar-refractivity contribution in [2.24, 2.45) is 0 Å². The summed E-state index contributed by atoms with van der Waals surface area (Å²) in [6, 6.07) is 19.6. The Bertz CT molecular complexity index is 1640. The Morgan fingerprint density at radius 2 is 1.97 bits per heavy atom. The van der Waals surface area contributed by atoms with E-state index in [-0.39, 0.29) is 17.3 Å². The molecule has 0 saturated carbocycles. The van der Waals surface area contributed by atoms with Gasteiger partial charge in [-0.25, -0.2) is 9.78 Å². The third-order valence-electron chi connectivity index (χ3n) is 5.30. The van der Waals surface area contributed by atoms with Gasteiger partial charge < -0.3 is 18.9 Å². The van der Waals surface area contributed by atoms with Crippen molar-refractivity contribution < 1.29 is 23.2 Å². The average molecular weight is 542 g/mol. The van der Waals surface area contributed by atoms with Crippen LogP contribution in [0.1, 0.15) is 38.6 Å². The van der Waals surface area contributed by atoms with Crippen LogP contribution in [0, 0.1) is 11.3 Å². The number of nitrogens with zero attached hydrogens (tertiary/aromatic N) is 2. The summed E-state index contributed by atoms with van der Waals surface area (Å²) in [7, 11) is 0. The number of carbonyl (C=O) groups is 2. The van der Waals surface area contributed by atoms with E-state index < -0.39 is 5.91 Å². The Labute approximate surface area is 225 Å². The fourth-order valence-electron chi connectivity index (χ4n) is 3.53. The molecule has 4 heterocycles.